The summed E-state index contributed by atoms with van der Waals surface area (Å²) in [6.07, 6.45) is 3.47. The smallest absolute Gasteiger partial charge is 0.131 e. The summed E-state index contributed by atoms with van der Waals surface area (Å²) in [7, 11) is 0. The molecule has 1 fully saturated rings. The Balaban J connectivity index is 1.89. The van der Waals surface area contributed by atoms with Crippen molar-refractivity contribution in [3.8, 4) is 5.75 Å². The van der Waals surface area contributed by atoms with Gasteiger partial charge in [0.25, 0.3) is 0 Å². The zero-order valence-corrected chi connectivity index (χ0v) is 11.8. The summed E-state index contributed by atoms with van der Waals surface area (Å²) >= 11 is 0. The van der Waals surface area contributed by atoms with Gasteiger partial charge in [0.2, 0.25) is 0 Å². The molecule has 1 aliphatic rings. The van der Waals surface area contributed by atoms with Crippen molar-refractivity contribution in [2.24, 2.45) is 5.16 Å². The first kappa shape index (κ1) is 14.8. The van der Waals surface area contributed by atoms with E-state index in [1.54, 1.807) is 13.0 Å². The van der Waals surface area contributed by atoms with E-state index in [1.165, 1.54) is 38.1 Å². The number of benzene rings is 1. The van der Waals surface area contributed by atoms with E-state index in [1.807, 2.05) is 0 Å². The molecular weight excluding hydrogens is 259 g/mol. The lowest BCUT2D eigenvalue weighted by Crippen LogP contribution is -2.22. The minimum absolute atomic E-state index is 0.353. The van der Waals surface area contributed by atoms with Gasteiger partial charge in [0.1, 0.15) is 11.6 Å². The van der Waals surface area contributed by atoms with Crippen molar-refractivity contribution in [2.75, 3.05) is 26.2 Å². The SMILES string of the molecule is CC(=NO)c1ccc(F)cc1OCCCN1CCCC1. The zero-order chi connectivity index (χ0) is 14.4. The molecule has 1 aromatic carbocycles. The molecule has 5 heteroatoms. The number of hydrogen-bond acceptors (Lipinski definition) is 4. The van der Waals surface area contributed by atoms with E-state index in [0.29, 0.717) is 23.6 Å². The normalized spacial score (nSPS) is 16.6. The molecule has 20 heavy (non-hydrogen) atoms. The third-order valence-corrected chi connectivity index (χ3v) is 3.56. The Morgan fingerprint density at radius 1 is 1.40 bits per heavy atom. The molecule has 4 nitrogen and oxygen atoms in total. The van der Waals surface area contributed by atoms with Crippen molar-refractivity contribution in [3.05, 3.63) is 29.6 Å². The molecule has 0 radical (unpaired) electrons. The number of oxime groups is 1. The van der Waals surface area contributed by atoms with Crippen molar-refractivity contribution in [3.63, 3.8) is 0 Å². The monoisotopic (exact) mass is 280 g/mol. The van der Waals surface area contributed by atoms with Gasteiger partial charge in [-0.25, -0.2) is 4.39 Å². The number of nitrogens with zero attached hydrogens (tertiary/aromatic N) is 2. The van der Waals surface area contributed by atoms with E-state index in [0.717, 1.165) is 13.0 Å². The van der Waals surface area contributed by atoms with Gasteiger partial charge < -0.3 is 14.8 Å². The summed E-state index contributed by atoms with van der Waals surface area (Å²) in [5.41, 5.74) is 1.04. The molecule has 1 aromatic rings. The minimum atomic E-state index is -0.353. The van der Waals surface area contributed by atoms with Crippen LogP contribution in [0, 0.1) is 5.82 Å². The molecule has 2 rings (SSSR count). The van der Waals surface area contributed by atoms with E-state index >= 15 is 0 Å². The van der Waals surface area contributed by atoms with E-state index in [9.17, 15) is 4.39 Å². The second-order valence-electron chi connectivity index (χ2n) is 5.08. The highest BCUT2D eigenvalue weighted by Gasteiger charge is 2.12. The van der Waals surface area contributed by atoms with Gasteiger partial charge in [-0.3, -0.25) is 0 Å². The maximum absolute atomic E-state index is 13.3. The third kappa shape index (κ3) is 3.93. The van der Waals surface area contributed by atoms with Crippen molar-refractivity contribution in [1.29, 1.82) is 0 Å². The minimum Gasteiger partial charge on any atom is -0.493 e. The molecule has 0 saturated carbocycles. The van der Waals surface area contributed by atoms with Crippen molar-refractivity contribution in [2.45, 2.75) is 26.2 Å². The average Bonchev–Trinajstić information content (AvgIpc) is 2.96. The van der Waals surface area contributed by atoms with Gasteiger partial charge in [0.05, 0.1) is 12.3 Å². The maximum Gasteiger partial charge on any atom is 0.131 e. The summed E-state index contributed by atoms with van der Waals surface area (Å²) in [4.78, 5) is 2.41. The largest absolute Gasteiger partial charge is 0.493 e. The van der Waals surface area contributed by atoms with Crippen LogP contribution < -0.4 is 4.74 Å². The van der Waals surface area contributed by atoms with Crippen LogP contribution in [0.5, 0.6) is 5.75 Å². The van der Waals surface area contributed by atoms with Gasteiger partial charge in [-0.1, -0.05) is 5.16 Å². The Morgan fingerprint density at radius 2 is 2.15 bits per heavy atom. The van der Waals surface area contributed by atoms with Crippen LogP contribution in [-0.4, -0.2) is 42.1 Å². The molecule has 1 aliphatic heterocycles. The Morgan fingerprint density at radius 3 is 2.85 bits per heavy atom. The van der Waals surface area contributed by atoms with Crippen LogP contribution in [0.4, 0.5) is 4.39 Å². The first-order valence-corrected chi connectivity index (χ1v) is 7.04. The predicted molar refractivity (Wildman–Crippen MR) is 76.2 cm³/mol. The standard InChI is InChI=1S/C15H21FN2O2/c1-12(17-19)14-6-5-13(16)11-15(14)20-10-4-9-18-7-2-3-8-18/h5-6,11,19H,2-4,7-10H2,1H3. The molecule has 0 spiro atoms. The topological polar surface area (TPSA) is 45.1 Å². The quantitative estimate of drug-likeness (QED) is 0.377. The van der Waals surface area contributed by atoms with Gasteiger partial charge in [-0.05, 0) is 51.4 Å². The second-order valence-corrected chi connectivity index (χ2v) is 5.08. The average molecular weight is 280 g/mol. The van der Waals surface area contributed by atoms with Crippen LogP contribution in [0.1, 0.15) is 31.7 Å². The van der Waals surface area contributed by atoms with Crippen LogP contribution in [0.25, 0.3) is 0 Å². The summed E-state index contributed by atoms with van der Waals surface area (Å²) in [6.45, 7) is 5.54. The fourth-order valence-corrected chi connectivity index (χ4v) is 2.44. The molecule has 1 N–H and O–H groups in total. The van der Waals surface area contributed by atoms with Gasteiger partial charge in [-0.15, -0.1) is 0 Å². The molecule has 110 valence electrons. The fourth-order valence-electron chi connectivity index (χ4n) is 2.44. The highest BCUT2D eigenvalue weighted by atomic mass is 19.1. The maximum atomic E-state index is 13.3. The van der Waals surface area contributed by atoms with Crippen LogP contribution in [0.15, 0.2) is 23.4 Å². The Bertz CT molecular complexity index is 471. The van der Waals surface area contributed by atoms with Crippen LogP contribution in [-0.2, 0) is 0 Å². The Kier molecular flexibility index (Phi) is 5.35. The van der Waals surface area contributed by atoms with Crippen LogP contribution in [0.3, 0.4) is 0 Å². The van der Waals surface area contributed by atoms with E-state index in [2.05, 4.69) is 10.1 Å². The van der Waals surface area contributed by atoms with E-state index in [4.69, 9.17) is 9.94 Å². The molecule has 0 atom stereocenters. The molecule has 0 unspecified atom stereocenters. The second kappa shape index (κ2) is 7.24. The lowest BCUT2D eigenvalue weighted by atomic mass is 10.1. The van der Waals surface area contributed by atoms with Crippen LogP contribution in [0.2, 0.25) is 0 Å². The first-order valence-electron chi connectivity index (χ1n) is 7.04. The molecule has 0 aromatic heterocycles. The third-order valence-electron chi connectivity index (χ3n) is 3.56. The van der Waals surface area contributed by atoms with Gasteiger partial charge in [-0.2, -0.15) is 0 Å². The lowest BCUT2D eigenvalue weighted by molar-refractivity contribution is 0.262. The highest BCUT2D eigenvalue weighted by molar-refractivity contribution is 6.00. The molecular formula is C15H21FN2O2. The molecule has 0 bridgehead atoms. The summed E-state index contributed by atoms with van der Waals surface area (Å²) in [5, 5.41) is 12.0. The number of likely N-dealkylation sites (tertiary alicyclic amines) is 1. The predicted octanol–water partition coefficient (Wildman–Crippen LogP) is 2.89. The first-order chi connectivity index (χ1) is 9.70. The van der Waals surface area contributed by atoms with Gasteiger partial charge in [0, 0.05) is 18.2 Å². The Labute approximate surface area is 118 Å². The molecule has 1 heterocycles. The lowest BCUT2D eigenvalue weighted by Gasteiger charge is -2.15. The van der Waals surface area contributed by atoms with Crippen molar-refractivity contribution in [1.82, 2.24) is 4.90 Å². The molecule has 0 aliphatic carbocycles. The highest BCUT2D eigenvalue weighted by Crippen LogP contribution is 2.21. The van der Waals surface area contributed by atoms with E-state index < -0.39 is 0 Å². The zero-order valence-electron chi connectivity index (χ0n) is 11.8. The fraction of sp³-hybridized carbons (Fsp3) is 0.533. The number of rotatable bonds is 6. The van der Waals surface area contributed by atoms with Gasteiger partial charge >= 0.3 is 0 Å². The molecule has 1 saturated heterocycles. The molecule has 0 amide bonds. The van der Waals surface area contributed by atoms with Crippen molar-refractivity contribution >= 4 is 5.71 Å². The number of halogens is 1. The summed E-state index contributed by atoms with van der Waals surface area (Å²) in [6, 6.07) is 4.24. The summed E-state index contributed by atoms with van der Waals surface area (Å²) in [5.74, 6) is 0.0794. The van der Waals surface area contributed by atoms with Gasteiger partial charge in [0.15, 0.2) is 0 Å². The Hall–Kier alpha value is -1.62. The number of hydrogen-bond donors (Lipinski definition) is 1. The van der Waals surface area contributed by atoms with Crippen LogP contribution >= 0.6 is 0 Å². The summed E-state index contributed by atoms with van der Waals surface area (Å²) < 4.78 is 18.9. The number of ether oxygens (including phenoxy) is 1. The van der Waals surface area contributed by atoms with E-state index in [-0.39, 0.29) is 5.82 Å². The van der Waals surface area contributed by atoms with Crippen molar-refractivity contribution < 1.29 is 14.3 Å².